The largest absolute Gasteiger partial charge is 0.338 e. The summed E-state index contributed by atoms with van der Waals surface area (Å²) in [5.74, 6) is 0.0325. The Balaban J connectivity index is 1.85. The van der Waals surface area contributed by atoms with Crippen LogP contribution in [-0.2, 0) is 27.8 Å². The molecule has 122 valence electrons. The van der Waals surface area contributed by atoms with Crippen LogP contribution in [-0.4, -0.2) is 25.8 Å². The molecule has 0 atom stereocenters. The first-order chi connectivity index (χ1) is 10.8. The minimum atomic E-state index is -3.59. The van der Waals surface area contributed by atoms with E-state index in [4.69, 9.17) is 0 Å². The molecule has 0 spiro atoms. The average Bonchev–Trinajstić information content (AvgIpc) is 2.93. The van der Waals surface area contributed by atoms with Crippen LogP contribution in [0, 0.1) is 0 Å². The highest BCUT2D eigenvalue weighted by Gasteiger charge is 2.20. The van der Waals surface area contributed by atoms with Crippen molar-refractivity contribution >= 4 is 48.9 Å². The Labute approximate surface area is 147 Å². The van der Waals surface area contributed by atoms with Crippen molar-refractivity contribution in [2.75, 3.05) is 11.3 Å². The van der Waals surface area contributed by atoms with Crippen LogP contribution in [0.3, 0.4) is 0 Å². The number of hydrogen-bond donors (Lipinski definition) is 1. The summed E-state index contributed by atoms with van der Waals surface area (Å²) in [5, 5.41) is 0. The van der Waals surface area contributed by atoms with Gasteiger partial charge in [-0.3, -0.25) is 9.52 Å². The van der Waals surface area contributed by atoms with Crippen LogP contribution in [0.2, 0.25) is 0 Å². The molecule has 0 fully saturated rings. The first-order valence-corrected chi connectivity index (χ1v) is 10.1. The molecule has 1 aliphatic heterocycles. The molecule has 1 aliphatic rings. The van der Waals surface area contributed by atoms with Crippen molar-refractivity contribution in [3.63, 3.8) is 0 Å². The molecule has 1 amide bonds. The van der Waals surface area contributed by atoms with Gasteiger partial charge in [-0.25, -0.2) is 8.42 Å². The quantitative estimate of drug-likeness (QED) is 0.837. The summed E-state index contributed by atoms with van der Waals surface area (Å²) in [6.45, 7) is 2.77. The highest BCUT2D eigenvalue weighted by molar-refractivity contribution is 9.11. The Bertz CT molecular complexity index is 861. The fraction of sp³-hybridized carbons (Fsp3) is 0.267. The molecule has 0 unspecified atom stereocenters. The molecule has 1 N–H and O–H groups in total. The van der Waals surface area contributed by atoms with Gasteiger partial charge in [0.05, 0.1) is 3.79 Å². The lowest BCUT2D eigenvalue weighted by atomic mass is 9.99. The van der Waals surface area contributed by atoms with Crippen molar-refractivity contribution < 1.29 is 13.2 Å². The van der Waals surface area contributed by atoms with E-state index in [0.29, 0.717) is 18.8 Å². The molecule has 2 heterocycles. The van der Waals surface area contributed by atoms with Crippen molar-refractivity contribution in [1.82, 2.24) is 4.90 Å². The highest BCUT2D eigenvalue weighted by atomic mass is 79.9. The molecule has 8 heteroatoms. The summed E-state index contributed by atoms with van der Waals surface area (Å²) in [4.78, 5) is 13.3. The van der Waals surface area contributed by atoms with E-state index in [9.17, 15) is 13.2 Å². The minimum Gasteiger partial charge on any atom is -0.338 e. The number of benzene rings is 1. The molecule has 1 aromatic heterocycles. The number of nitrogens with one attached hydrogen (secondary N) is 1. The molecule has 1 aromatic carbocycles. The first-order valence-electron chi connectivity index (χ1n) is 7.00. The third-order valence-corrected chi connectivity index (χ3v) is 7.23. The molecule has 23 heavy (non-hydrogen) atoms. The summed E-state index contributed by atoms with van der Waals surface area (Å²) >= 11 is 4.43. The van der Waals surface area contributed by atoms with Crippen molar-refractivity contribution in [3.05, 3.63) is 45.2 Å². The van der Waals surface area contributed by atoms with E-state index in [2.05, 4.69) is 20.7 Å². The maximum Gasteiger partial charge on any atom is 0.271 e. The second-order valence-corrected chi connectivity index (χ2v) is 9.71. The molecule has 3 rings (SSSR count). The minimum absolute atomic E-state index is 0.0325. The fourth-order valence-electron chi connectivity index (χ4n) is 2.54. The number of carbonyl (C=O) groups excluding carboxylic acids is 1. The van der Waals surface area contributed by atoms with Crippen LogP contribution in [0.25, 0.3) is 0 Å². The second-order valence-electron chi connectivity index (χ2n) is 5.34. The number of anilines is 1. The summed E-state index contributed by atoms with van der Waals surface area (Å²) in [6, 6.07) is 8.77. The SMILES string of the molecule is CC(=O)N1CCc2ccc(NS(=O)(=O)c3ccc(Br)s3)cc2C1. The smallest absolute Gasteiger partial charge is 0.271 e. The Hall–Kier alpha value is -1.38. The van der Waals surface area contributed by atoms with Gasteiger partial charge < -0.3 is 4.90 Å². The number of nitrogens with zero attached hydrogens (tertiary/aromatic N) is 1. The second kappa shape index (κ2) is 6.26. The van der Waals surface area contributed by atoms with Crippen LogP contribution < -0.4 is 4.72 Å². The van der Waals surface area contributed by atoms with Crippen LogP contribution in [0.5, 0.6) is 0 Å². The predicted octanol–water partition coefficient (Wildman–Crippen LogP) is 3.22. The number of rotatable bonds is 3. The zero-order valence-corrected chi connectivity index (χ0v) is 15.6. The topological polar surface area (TPSA) is 66.5 Å². The van der Waals surface area contributed by atoms with Crippen LogP contribution in [0.1, 0.15) is 18.1 Å². The highest BCUT2D eigenvalue weighted by Crippen LogP contribution is 2.29. The van der Waals surface area contributed by atoms with E-state index in [1.165, 1.54) is 0 Å². The van der Waals surface area contributed by atoms with Gasteiger partial charge in [0.15, 0.2) is 0 Å². The normalized spacial score (nSPS) is 14.4. The van der Waals surface area contributed by atoms with Crippen LogP contribution in [0.4, 0.5) is 5.69 Å². The molecule has 2 aromatic rings. The molecule has 0 saturated carbocycles. The van der Waals surface area contributed by atoms with Gasteiger partial charge in [0.2, 0.25) is 5.91 Å². The predicted molar refractivity (Wildman–Crippen MR) is 94.1 cm³/mol. The van der Waals surface area contributed by atoms with E-state index in [-0.39, 0.29) is 10.1 Å². The third kappa shape index (κ3) is 3.59. The number of hydrogen-bond acceptors (Lipinski definition) is 4. The number of sulfonamides is 1. The standard InChI is InChI=1S/C15H15BrN2O3S2/c1-10(19)18-7-6-11-2-3-13(8-12(11)9-18)17-23(20,21)15-5-4-14(16)22-15/h2-5,8,17H,6-7,9H2,1H3. The number of amides is 1. The van der Waals surface area contributed by atoms with Crippen molar-refractivity contribution in [2.24, 2.45) is 0 Å². The first kappa shape index (κ1) is 16.5. The molecule has 0 bridgehead atoms. The lowest BCUT2D eigenvalue weighted by Gasteiger charge is -2.28. The van der Waals surface area contributed by atoms with Crippen LogP contribution >= 0.6 is 27.3 Å². The van der Waals surface area contributed by atoms with E-state index in [1.54, 1.807) is 30.0 Å². The molecule has 5 nitrogen and oxygen atoms in total. The molecular formula is C15H15BrN2O3S2. The lowest BCUT2D eigenvalue weighted by Crippen LogP contribution is -2.34. The van der Waals surface area contributed by atoms with E-state index >= 15 is 0 Å². The molecule has 0 radical (unpaired) electrons. The van der Waals surface area contributed by atoms with Gasteiger partial charge in [0.25, 0.3) is 10.0 Å². The molecular weight excluding hydrogens is 400 g/mol. The van der Waals surface area contributed by atoms with Gasteiger partial charge >= 0.3 is 0 Å². The van der Waals surface area contributed by atoms with E-state index < -0.39 is 10.0 Å². The van der Waals surface area contributed by atoms with Gasteiger partial charge in [-0.1, -0.05) is 6.07 Å². The van der Waals surface area contributed by atoms with E-state index in [0.717, 1.165) is 32.7 Å². The Morgan fingerprint density at radius 1 is 1.26 bits per heavy atom. The summed E-state index contributed by atoms with van der Waals surface area (Å²) in [6.07, 6.45) is 0.791. The Morgan fingerprint density at radius 3 is 2.70 bits per heavy atom. The summed E-state index contributed by atoms with van der Waals surface area (Å²) in [5.41, 5.74) is 2.65. The van der Waals surface area contributed by atoms with Crippen molar-refractivity contribution in [2.45, 2.75) is 24.1 Å². The number of fused-ring (bicyclic) bond motifs is 1. The maximum atomic E-state index is 12.4. The van der Waals surface area contributed by atoms with Gasteiger partial charge in [-0.2, -0.15) is 0 Å². The lowest BCUT2D eigenvalue weighted by molar-refractivity contribution is -0.129. The number of halogens is 1. The zero-order chi connectivity index (χ0) is 16.6. The van der Waals surface area contributed by atoms with Crippen molar-refractivity contribution in [1.29, 1.82) is 0 Å². The van der Waals surface area contributed by atoms with Gasteiger partial charge in [-0.15, -0.1) is 11.3 Å². The average molecular weight is 415 g/mol. The van der Waals surface area contributed by atoms with Gasteiger partial charge in [-0.05, 0) is 57.7 Å². The maximum absolute atomic E-state index is 12.4. The molecule has 0 aliphatic carbocycles. The Morgan fingerprint density at radius 2 is 2.04 bits per heavy atom. The van der Waals surface area contributed by atoms with Crippen molar-refractivity contribution in [3.8, 4) is 0 Å². The fourth-order valence-corrected chi connectivity index (χ4v) is 5.60. The van der Waals surface area contributed by atoms with Crippen LogP contribution in [0.15, 0.2) is 38.3 Å². The van der Waals surface area contributed by atoms with Gasteiger partial charge in [0.1, 0.15) is 4.21 Å². The summed E-state index contributed by atoms with van der Waals surface area (Å²) in [7, 11) is -3.59. The summed E-state index contributed by atoms with van der Waals surface area (Å²) < 4.78 is 28.4. The van der Waals surface area contributed by atoms with E-state index in [1.807, 2.05) is 12.1 Å². The van der Waals surface area contributed by atoms with Gasteiger partial charge in [0, 0.05) is 25.7 Å². The molecule has 0 saturated heterocycles. The third-order valence-electron chi connectivity index (χ3n) is 3.73. The zero-order valence-electron chi connectivity index (χ0n) is 12.4. The number of thiophene rings is 1. The Kier molecular flexibility index (Phi) is 4.48. The monoisotopic (exact) mass is 414 g/mol. The number of carbonyl (C=O) groups is 1.